The van der Waals surface area contributed by atoms with Crippen molar-refractivity contribution in [3.05, 3.63) is 603 Å². The van der Waals surface area contributed by atoms with E-state index >= 15 is 0 Å². The van der Waals surface area contributed by atoms with Gasteiger partial charge in [0.15, 0.2) is 0 Å². The van der Waals surface area contributed by atoms with Gasteiger partial charge in [-0.25, -0.2) is 0 Å². The van der Waals surface area contributed by atoms with Crippen molar-refractivity contribution in [3.63, 3.8) is 0 Å². The Morgan fingerprint density at radius 1 is 0.174 bits per heavy atom. The van der Waals surface area contributed by atoms with Gasteiger partial charge in [-0.2, -0.15) is 0 Å². The van der Waals surface area contributed by atoms with E-state index in [4.69, 9.17) is 0 Å². The number of aromatic nitrogens is 4. The lowest BCUT2D eigenvalue weighted by Crippen LogP contribution is -2.15. The average Bonchev–Trinajstić information content (AvgIpc) is 1.54. The second kappa shape index (κ2) is 39.0. The summed E-state index contributed by atoms with van der Waals surface area (Å²) >= 11 is 0. The molecule has 0 spiro atoms. The van der Waals surface area contributed by atoms with Crippen LogP contribution in [0.25, 0.3) is 198 Å². The van der Waals surface area contributed by atoms with E-state index in [0.29, 0.717) is 0 Å². The summed E-state index contributed by atoms with van der Waals surface area (Å²) < 4.78 is 9.47. The van der Waals surface area contributed by atoms with E-state index in [9.17, 15) is 0 Å². The van der Waals surface area contributed by atoms with Crippen molar-refractivity contribution < 1.29 is 0 Å². The number of hydrogen-bond donors (Lipinski definition) is 1. The Labute approximate surface area is 867 Å². The Hall–Kier alpha value is -18.9. The zero-order valence-corrected chi connectivity index (χ0v) is 83.0. The average molecular weight is 1910 g/mol. The SMILES string of the molecule is CC1(C)c2cc(Cc3ccccc3)ccc2-c2ccc(-c3ccc4c(c3)c3ccccc3n4-c3ccccc3)cc21.c1ccc(Cc2ccc3cc(-c4ccc5c(c4)c4ccccc4n5-c4ccccc4)ccc3c2)cc1.c1ccc(Cc2cccc3c(-c4ccc5c(c4)c4ccccc4n5-c4ccccc4)cccc23)cc1.c1ccc(Nc2cccc3cc(-c4ccc5c(c4)c4ccccc4n5-c4ccccc4)ccc23)cc1. The van der Waals surface area contributed by atoms with Crippen LogP contribution in [-0.4, -0.2) is 18.3 Å². The molecule has 706 valence electrons. The first-order chi connectivity index (χ1) is 73.6. The number of fused-ring (bicyclic) bond motifs is 18. The van der Waals surface area contributed by atoms with E-state index < -0.39 is 0 Å². The number of benzene rings is 24. The fourth-order valence-electron chi connectivity index (χ4n) is 23.2. The highest BCUT2D eigenvalue weighted by Gasteiger charge is 2.36. The first-order valence-electron chi connectivity index (χ1n) is 51.8. The fourth-order valence-corrected chi connectivity index (χ4v) is 23.2. The molecule has 149 heavy (non-hydrogen) atoms. The lowest BCUT2D eigenvalue weighted by Gasteiger charge is -2.22. The van der Waals surface area contributed by atoms with E-state index in [1.165, 1.54) is 242 Å². The van der Waals surface area contributed by atoms with Gasteiger partial charge in [-0.05, 0) is 304 Å². The third kappa shape index (κ3) is 17.2. The highest BCUT2D eigenvalue weighted by molar-refractivity contribution is 6.15. The van der Waals surface area contributed by atoms with Gasteiger partial charge in [-0.3, -0.25) is 0 Å². The molecule has 0 amide bonds. The topological polar surface area (TPSA) is 31.8 Å². The molecule has 0 saturated heterocycles. The molecular formula is C144H105N5. The van der Waals surface area contributed by atoms with Crippen LogP contribution in [0.5, 0.6) is 0 Å². The summed E-state index contributed by atoms with van der Waals surface area (Å²) in [5.74, 6) is 0. The minimum Gasteiger partial charge on any atom is -0.355 e. The Morgan fingerprint density at radius 3 is 0.966 bits per heavy atom. The van der Waals surface area contributed by atoms with Crippen molar-refractivity contribution in [2.45, 2.75) is 38.5 Å². The van der Waals surface area contributed by atoms with Gasteiger partial charge < -0.3 is 23.6 Å². The van der Waals surface area contributed by atoms with Crippen molar-refractivity contribution in [1.29, 1.82) is 0 Å². The van der Waals surface area contributed by atoms with Gasteiger partial charge in [0.25, 0.3) is 0 Å². The number of hydrogen-bond acceptors (Lipinski definition) is 1. The highest BCUT2D eigenvalue weighted by Crippen LogP contribution is 2.52. The molecule has 0 bridgehead atoms. The molecule has 1 N–H and O–H groups in total. The summed E-state index contributed by atoms with van der Waals surface area (Å²) in [5, 5.41) is 21.4. The molecule has 5 nitrogen and oxygen atoms in total. The van der Waals surface area contributed by atoms with Crippen molar-refractivity contribution in [3.8, 4) is 78.4 Å². The fraction of sp³-hybridized carbons (Fsp3) is 0.0417. The van der Waals surface area contributed by atoms with Crippen molar-refractivity contribution in [1.82, 2.24) is 18.3 Å². The van der Waals surface area contributed by atoms with Crippen LogP contribution in [0.2, 0.25) is 0 Å². The third-order valence-corrected chi connectivity index (χ3v) is 30.4. The van der Waals surface area contributed by atoms with Crippen LogP contribution in [0.3, 0.4) is 0 Å². The number of para-hydroxylation sites is 9. The van der Waals surface area contributed by atoms with Gasteiger partial charge in [0.1, 0.15) is 0 Å². The maximum Gasteiger partial charge on any atom is 0.0541 e. The summed E-state index contributed by atoms with van der Waals surface area (Å²) in [6.45, 7) is 4.76. The van der Waals surface area contributed by atoms with Gasteiger partial charge in [-0.1, -0.05) is 414 Å². The van der Waals surface area contributed by atoms with Crippen LogP contribution < -0.4 is 5.32 Å². The lowest BCUT2D eigenvalue weighted by molar-refractivity contribution is 0.659. The van der Waals surface area contributed by atoms with Crippen LogP contribution in [0, 0.1) is 0 Å². The molecule has 1 aliphatic carbocycles. The number of anilines is 2. The monoisotopic (exact) mass is 1900 g/mol. The first kappa shape index (κ1) is 90.1. The molecular weight excluding hydrogens is 1800 g/mol. The molecule has 28 aromatic rings. The molecule has 0 fully saturated rings. The van der Waals surface area contributed by atoms with E-state index in [0.717, 1.165) is 30.6 Å². The summed E-state index contributed by atoms with van der Waals surface area (Å²) in [5.41, 5.74) is 40.4. The zero-order chi connectivity index (χ0) is 99.2. The first-order valence-corrected chi connectivity index (χ1v) is 51.8. The molecule has 0 unspecified atom stereocenters. The summed E-state index contributed by atoms with van der Waals surface area (Å²) in [6, 6.07) is 202. The minimum atomic E-state index is -0.0548. The van der Waals surface area contributed by atoms with Gasteiger partial charge in [0.05, 0.1) is 44.1 Å². The molecule has 0 radical (unpaired) electrons. The zero-order valence-electron chi connectivity index (χ0n) is 83.0. The molecule has 4 aromatic heterocycles. The van der Waals surface area contributed by atoms with E-state index in [1.807, 2.05) is 6.07 Å². The maximum atomic E-state index is 3.57. The molecule has 5 heteroatoms. The van der Waals surface area contributed by atoms with Crippen LogP contribution in [0.4, 0.5) is 11.4 Å². The molecule has 4 heterocycles. The van der Waals surface area contributed by atoms with Gasteiger partial charge >= 0.3 is 0 Å². The number of rotatable bonds is 16. The Bertz CT molecular complexity index is 9890. The molecule has 0 aliphatic heterocycles. The van der Waals surface area contributed by atoms with E-state index in [1.54, 1.807) is 0 Å². The predicted octanol–water partition coefficient (Wildman–Crippen LogP) is 38.1. The molecule has 1 aliphatic rings. The standard InChI is InChI=1S/C40H31N.2C35H25N.C34H24N2/c1-40(2)36-24-28(23-27-11-5-3-6-12-27)17-20-32(36)33-21-18-30(26-37(33)40)29-19-22-39-35(25-29)34-15-9-10-16-38(34)41(39)31-13-7-4-8-14-31;1-3-11-25(12-4-1)23-26-13-9-19-31-29(26)17-10-18-30(31)27-21-22-35-33(24-27)32-16-7-8-20-34(32)36(35)28-14-5-2-6-15-28;1-3-9-25(10-4-1)21-26-15-16-28-23-29(18-17-27(28)22-26)30-19-20-35-33(24-30)32-13-7-8-14-34(32)36(35)31-11-5-2-6-12-31;1-3-11-27(12-4-1)35-32-16-9-10-26-22-24(18-20-29(26)32)25-19-21-34-31(23-25)30-15-7-8-17-33(30)36(34)28-13-5-2-6-14-28/h3-22,24-26H,23H2,1-2H3;1-22,24H,23H2;1-20,22-24H,21H2;1-23,35H. The summed E-state index contributed by atoms with van der Waals surface area (Å²) in [6.07, 6.45) is 2.86. The van der Waals surface area contributed by atoms with Crippen LogP contribution in [0.15, 0.2) is 558 Å². The largest absolute Gasteiger partial charge is 0.355 e. The quantitative estimate of drug-likeness (QED) is 0.103. The third-order valence-electron chi connectivity index (χ3n) is 30.4. The molecule has 0 saturated carbocycles. The Kier molecular flexibility index (Phi) is 23.6. The second-order valence-electron chi connectivity index (χ2n) is 39.9. The Balaban J connectivity index is 0.000000101. The summed E-state index contributed by atoms with van der Waals surface area (Å²) in [4.78, 5) is 0. The van der Waals surface area contributed by atoms with Gasteiger partial charge in [0.2, 0.25) is 0 Å². The van der Waals surface area contributed by atoms with Crippen LogP contribution >= 0.6 is 0 Å². The highest BCUT2D eigenvalue weighted by atomic mass is 15.0. The van der Waals surface area contributed by atoms with E-state index in [-0.39, 0.29) is 5.41 Å². The smallest absolute Gasteiger partial charge is 0.0541 e. The minimum absolute atomic E-state index is 0.0548. The lowest BCUT2D eigenvalue weighted by atomic mass is 9.81. The summed E-state index contributed by atoms with van der Waals surface area (Å²) in [7, 11) is 0. The van der Waals surface area contributed by atoms with Crippen molar-refractivity contribution in [2.75, 3.05) is 5.32 Å². The maximum absolute atomic E-state index is 3.57. The van der Waals surface area contributed by atoms with Crippen LogP contribution in [0.1, 0.15) is 58.4 Å². The van der Waals surface area contributed by atoms with Gasteiger partial charge in [-0.15, -0.1) is 0 Å². The number of nitrogens with one attached hydrogen (secondary N) is 1. The Morgan fingerprint density at radius 2 is 0.490 bits per heavy atom. The normalized spacial score (nSPS) is 12.0. The molecule has 24 aromatic carbocycles. The number of nitrogens with zero attached hydrogens (tertiary/aromatic N) is 4. The van der Waals surface area contributed by atoms with Gasteiger partial charge in [0, 0.05) is 88.0 Å². The van der Waals surface area contributed by atoms with Crippen molar-refractivity contribution in [2.24, 2.45) is 0 Å². The molecule has 0 atom stereocenters. The molecule has 29 rings (SSSR count). The van der Waals surface area contributed by atoms with E-state index in [2.05, 4.69) is 589 Å². The van der Waals surface area contributed by atoms with Crippen molar-refractivity contribution >= 4 is 131 Å². The predicted molar refractivity (Wildman–Crippen MR) is 632 cm³/mol. The second-order valence-corrected chi connectivity index (χ2v) is 39.9. The van der Waals surface area contributed by atoms with Crippen LogP contribution in [-0.2, 0) is 24.7 Å².